The Bertz CT molecular complexity index is 590. The van der Waals surface area contributed by atoms with Crippen LogP contribution in [0, 0.1) is 13.8 Å². The van der Waals surface area contributed by atoms with Gasteiger partial charge in [0.15, 0.2) is 5.69 Å². The van der Waals surface area contributed by atoms with E-state index in [1.165, 1.54) is 22.9 Å². The summed E-state index contributed by atoms with van der Waals surface area (Å²) in [6.07, 6.45) is 1.46. The summed E-state index contributed by atoms with van der Waals surface area (Å²) in [5.74, 6) is 0.775. The minimum atomic E-state index is -1.04. The fourth-order valence-corrected chi connectivity index (χ4v) is 2.87. The van der Waals surface area contributed by atoms with Crippen LogP contribution in [-0.4, -0.2) is 31.8 Å². The Labute approximate surface area is 122 Å². The average Bonchev–Trinajstić information content (AvgIpc) is 2.82. The lowest BCUT2D eigenvalue weighted by Crippen LogP contribution is -2.01. The first-order chi connectivity index (χ1) is 9.54. The number of carbonyl (C=O) groups is 1. The van der Waals surface area contributed by atoms with Gasteiger partial charge in [0.2, 0.25) is 0 Å². The number of hydrogen-bond donors (Lipinski definition) is 1. The Morgan fingerprint density at radius 3 is 2.60 bits per heavy atom. The molecule has 0 amide bonds. The van der Waals surface area contributed by atoms with Crippen LogP contribution in [0.15, 0.2) is 24.4 Å². The van der Waals surface area contributed by atoms with Crippen LogP contribution in [0.2, 0.25) is 0 Å². The smallest absolute Gasteiger partial charge is 0.358 e. The molecule has 0 aliphatic rings. The highest BCUT2D eigenvalue weighted by Crippen LogP contribution is 2.16. The van der Waals surface area contributed by atoms with Gasteiger partial charge in [-0.1, -0.05) is 34.5 Å². The van der Waals surface area contributed by atoms with Crippen LogP contribution in [0.25, 0.3) is 0 Å². The van der Waals surface area contributed by atoms with E-state index in [2.05, 4.69) is 42.4 Å². The van der Waals surface area contributed by atoms with Gasteiger partial charge in [-0.15, -0.1) is 5.10 Å². The van der Waals surface area contributed by atoms with Crippen molar-refractivity contribution in [3.8, 4) is 0 Å². The third-order valence-electron chi connectivity index (χ3n) is 2.77. The van der Waals surface area contributed by atoms with Gasteiger partial charge in [0.05, 0.1) is 12.7 Å². The van der Waals surface area contributed by atoms with Gasteiger partial charge in [-0.3, -0.25) is 4.68 Å². The Morgan fingerprint density at radius 1 is 1.30 bits per heavy atom. The lowest BCUT2D eigenvalue weighted by molar-refractivity contribution is 0.0690. The van der Waals surface area contributed by atoms with Crippen LogP contribution in [0.5, 0.6) is 0 Å². The second-order valence-corrected chi connectivity index (χ2v) is 5.83. The highest BCUT2D eigenvalue weighted by molar-refractivity contribution is 7.98. The van der Waals surface area contributed by atoms with Crippen molar-refractivity contribution in [1.82, 2.24) is 15.0 Å². The summed E-state index contributed by atoms with van der Waals surface area (Å²) >= 11 is 1.80. The molecule has 0 aliphatic heterocycles. The number of hydrogen-bond acceptors (Lipinski definition) is 4. The zero-order valence-corrected chi connectivity index (χ0v) is 12.4. The maximum Gasteiger partial charge on any atom is 0.358 e. The van der Waals surface area contributed by atoms with E-state index in [1.54, 1.807) is 16.4 Å². The molecule has 1 aromatic heterocycles. The Hall–Kier alpha value is -1.82. The van der Waals surface area contributed by atoms with Crippen LogP contribution in [-0.2, 0) is 12.3 Å². The van der Waals surface area contributed by atoms with E-state index in [9.17, 15) is 4.79 Å². The number of nitrogens with zero attached hydrogens (tertiary/aromatic N) is 3. The number of benzene rings is 1. The molecule has 0 radical (unpaired) electrons. The summed E-state index contributed by atoms with van der Waals surface area (Å²) < 4.78 is 1.57. The molecule has 0 saturated heterocycles. The van der Waals surface area contributed by atoms with Crippen molar-refractivity contribution in [1.29, 1.82) is 0 Å². The van der Waals surface area contributed by atoms with Crippen molar-refractivity contribution < 1.29 is 9.90 Å². The largest absolute Gasteiger partial charge is 0.476 e. The van der Waals surface area contributed by atoms with Gasteiger partial charge in [0, 0.05) is 11.5 Å². The highest BCUT2D eigenvalue weighted by Gasteiger charge is 2.07. The molecule has 0 bridgehead atoms. The zero-order valence-electron chi connectivity index (χ0n) is 11.5. The van der Waals surface area contributed by atoms with Crippen LogP contribution >= 0.6 is 11.8 Å². The summed E-state index contributed by atoms with van der Waals surface area (Å²) in [5, 5.41) is 16.1. The first-order valence-electron chi connectivity index (χ1n) is 6.33. The van der Waals surface area contributed by atoms with Gasteiger partial charge in [-0.25, -0.2) is 4.79 Å². The lowest BCUT2D eigenvalue weighted by Gasteiger charge is -2.05. The molecule has 1 heterocycles. The molecule has 5 nitrogen and oxygen atoms in total. The average molecular weight is 291 g/mol. The number of carboxylic acid groups (broad SMARTS) is 1. The summed E-state index contributed by atoms with van der Waals surface area (Å²) in [4.78, 5) is 10.7. The molecule has 106 valence electrons. The second-order valence-electron chi connectivity index (χ2n) is 4.72. The van der Waals surface area contributed by atoms with Crippen LogP contribution in [0.3, 0.4) is 0 Å². The van der Waals surface area contributed by atoms with E-state index in [0.29, 0.717) is 6.54 Å². The van der Waals surface area contributed by atoms with Crippen LogP contribution in [0.4, 0.5) is 0 Å². The van der Waals surface area contributed by atoms with E-state index in [4.69, 9.17) is 5.11 Å². The molecule has 0 fully saturated rings. The van der Waals surface area contributed by atoms with E-state index in [-0.39, 0.29) is 5.69 Å². The number of aromatic carboxylic acids is 1. The summed E-state index contributed by atoms with van der Waals surface area (Å²) in [7, 11) is 0. The summed E-state index contributed by atoms with van der Waals surface area (Å²) in [6, 6.07) is 6.55. The minimum absolute atomic E-state index is 0.00990. The first-order valence-corrected chi connectivity index (χ1v) is 7.48. The van der Waals surface area contributed by atoms with E-state index in [1.807, 2.05) is 0 Å². The second kappa shape index (κ2) is 6.56. The Kier molecular flexibility index (Phi) is 4.79. The molecule has 0 aliphatic carbocycles. The van der Waals surface area contributed by atoms with Gasteiger partial charge in [-0.05, 0) is 19.4 Å². The monoisotopic (exact) mass is 291 g/mol. The van der Waals surface area contributed by atoms with Gasteiger partial charge in [0.1, 0.15) is 0 Å². The summed E-state index contributed by atoms with van der Waals surface area (Å²) in [5.41, 5.74) is 3.87. The molecule has 2 aromatic rings. The number of thioether (sulfide) groups is 1. The summed E-state index contributed by atoms with van der Waals surface area (Å²) in [6.45, 7) is 4.86. The number of carboxylic acids is 1. The molecule has 2 rings (SSSR count). The van der Waals surface area contributed by atoms with Crippen LogP contribution in [0.1, 0.15) is 27.2 Å². The van der Waals surface area contributed by atoms with Gasteiger partial charge < -0.3 is 5.11 Å². The van der Waals surface area contributed by atoms with Crippen LogP contribution < -0.4 is 0 Å². The fourth-order valence-electron chi connectivity index (χ4n) is 2.01. The molecule has 1 N–H and O–H groups in total. The number of aromatic nitrogens is 3. The zero-order chi connectivity index (χ0) is 14.5. The SMILES string of the molecule is Cc1cc(C)cc(CSCCn2cc(C(=O)O)nn2)c1. The third-order valence-corrected chi connectivity index (χ3v) is 3.78. The minimum Gasteiger partial charge on any atom is -0.476 e. The number of aryl methyl sites for hydroxylation is 3. The molecule has 1 aromatic carbocycles. The maximum absolute atomic E-state index is 10.7. The van der Waals surface area contributed by atoms with Crippen molar-refractivity contribution in [2.75, 3.05) is 5.75 Å². The first kappa shape index (κ1) is 14.6. The normalized spacial score (nSPS) is 10.7. The molecule has 20 heavy (non-hydrogen) atoms. The van der Waals surface area contributed by atoms with Crippen molar-refractivity contribution in [2.45, 2.75) is 26.1 Å². The van der Waals surface area contributed by atoms with Crippen molar-refractivity contribution in [3.05, 3.63) is 46.8 Å². The molecule has 0 atom stereocenters. The van der Waals surface area contributed by atoms with E-state index >= 15 is 0 Å². The molecule has 6 heteroatoms. The Morgan fingerprint density at radius 2 is 2.00 bits per heavy atom. The molecular formula is C14H17N3O2S. The van der Waals surface area contributed by atoms with Gasteiger partial charge in [-0.2, -0.15) is 11.8 Å². The van der Waals surface area contributed by atoms with Crippen molar-refractivity contribution in [2.24, 2.45) is 0 Å². The van der Waals surface area contributed by atoms with E-state index in [0.717, 1.165) is 11.5 Å². The van der Waals surface area contributed by atoms with Gasteiger partial charge >= 0.3 is 5.97 Å². The molecule has 0 spiro atoms. The third kappa shape index (κ3) is 4.09. The fraction of sp³-hybridized carbons (Fsp3) is 0.357. The molecule has 0 unspecified atom stereocenters. The lowest BCUT2D eigenvalue weighted by atomic mass is 10.1. The molecule has 0 saturated carbocycles. The quantitative estimate of drug-likeness (QED) is 0.828. The van der Waals surface area contributed by atoms with Crippen molar-refractivity contribution >= 4 is 17.7 Å². The predicted octanol–water partition coefficient (Wildman–Crippen LogP) is 2.53. The van der Waals surface area contributed by atoms with Crippen molar-refractivity contribution in [3.63, 3.8) is 0 Å². The number of rotatable bonds is 6. The topological polar surface area (TPSA) is 68.0 Å². The van der Waals surface area contributed by atoms with Gasteiger partial charge in [0.25, 0.3) is 0 Å². The molecular weight excluding hydrogens is 274 g/mol. The standard InChI is InChI=1S/C14H17N3O2S/c1-10-5-11(2)7-12(6-10)9-20-4-3-17-8-13(14(18)19)15-16-17/h5-8H,3-4,9H2,1-2H3,(H,18,19). The highest BCUT2D eigenvalue weighted by atomic mass is 32.2. The predicted molar refractivity (Wildman–Crippen MR) is 79.1 cm³/mol. The maximum atomic E-state index is 10.7. The Balaban J connectivity index is 1.79. The van der Waals surface area contributed by atoms with E-state index < -0.39 is 5.97 Å².